The van der Waals surface area contributed by atoms with E-state index in [1.54, 1.807) is 17.4 Å². The van der Waals surface area contributed by atoms with Crippen molar-refractivity contribution in [2.75, 3.05) is 0 Å². The number of hydrogen-bond acceptors (Lipinski definition) is 3. The highest BCUT2D eigenvalue weighted by Gasteiger charge is 2.28. The van der Waals surface area contributed by atoms with Gasteiger partial charge in [-0.25, -0.2) is 0 Å². The average Bonchev–Trinajstić information content (AvgIpc) is 3.22. The van der Waals surface area contributed by atoms with Gasteiger partial charge in [-0.1, -0.05) is 36.4 Å². The summed E-state index contributed by atoms with van der Waals surface area (Å²) in [6.45, 7) is 2.03. The Kier molecular flexibility index (Phi) is 5.27. The second-order valence-electron chi connectivity index (χ2n) is 7.29. The predicted octanol–water partition coefficient (Wildman–Crippen LogP) is 5.58. The normalized spacial score (nSPS) is 16.6. The first-order valence-corrected chi connectivity index (χ1v) is 10.5. The van der Waals surface area contributed by atoms with Gasteiger partial charge in [0, 0.05) is 4.88 Å². The monoisotopic (exact) mass is 386 g/mol. The Morgan fingerprint density at radius 3 is 2.79 bits per heavy atom. The molecule has 0 aliphatic heterocycles. The van der Waals surface area contributed by atoms with Gasteiger partial charge in [-0.15, -0.1) is 11.3 Å². The molecule has 0 bridgehead atoms. The summed E-state index contributed by atoms with van der Waals surface area (Å²) < 4.78 is 0. The molecule has 0 saturated carbocycles. The van der Waals surface area contributed by atoms with Gasteiger partial charge in [0.1, 0.15) is 0 Å². The largest absolute Gasteiger partial charge is 0.349 e. The zero-order valence-corrected chi connectivity index (χ0v) is 16.6. The van der Waals surface area contributed by atoms with E-state index in [1.807, 2.05) is 37.3 Å². The second kappa shape index (κ2) is 8.00. The maximum Gasteiger partial charge on any atom is 0.228 e. The van der Waals surface area contributed by atoms with Crippen LogP contribution in [0.25, 0.3) is 11.1 Å². The predicted molar refractivity (Wildman–Crippen MR) is 113 cm³/mol. The van der Waals surface area contributed by atoms with E-state index in [1.165, 1.54) is 10.4 Å². The molecule has 0 spiro atoms. The quantitative estimate of drug-likeness (QED) is 0.636. The van der Waals surface area contributed by atoms with Crippen molar-refractivity contribution in [2.45, 2.75) is 38.1 Å². The Labute approximate surface area is 169 Å². The van der Waals surface area contributed by atoms with E-state index in [4.69, 9.17) is 5.26 Å². The van der Waals surface area contributed by atoms with Crippen LogP contribution < -0.4 is 5.32 Å². The number of thiophene rings is 1. The molecule has 140 valence electrons. The Hall–Kier alpha value is -2.90. The molecule has 2 unspecified atom stereocenters. The van der Waals surface area contributed by atoms with E-state index >= 15 is 0 Å². The summed E-state index contributed by atoms with van der Waals surface area (Å²) in [5.74, 6) is 0.100. The number of rotatable bonds is 4. The van der Waals surface area contributed by atoms with Gasteiger partial charge in [0.05, 0.1) is 23.6 Å². The third kappa shape index (κ3) is 3.72. The van der Waals surface area contributed by atoms with E-state index in [0.29, 0.717) is 5.56 Å². The molecule has 2 aromatic carbocycles. The number of nitrogens with one attached hydrogen (secondary N) is 1. The van der Waals surface area contributed by atoms with E-state index in [2.05, 4.69) is 35.0 Å². The second-order valence-corrected chi connectivity index (χ2v) is 8.29. The number of carbonyl (C=O) groups excluding carboxylic acids is 1. The third-order valence-electron chi connectivity index (χ3n) is 5.46. The molecular formula is C24H22N2OS. The fourth-order valence-electron chi connectivity index (χ4n) is 3.89. The maximum atomic E-state index is 12.9. The molecule has 3 aromatic rings. The molecule has 1 aliphatic rings. The molecule has 3 nitrogen and oxygen atoms in total. The molecule has 0 fully saturated rings. The first kappa shape index (κ1) is 18.5. The zero-order chi connectivity index (χ0) is 19.5. The number of amides is 1. The van der Waals surface area contributed by atoms with Crippen molar-refractivity contribution in [3.05, 3.63) is 81.5 Å². The standard InChI is InChI=1S/C24H22N2OS/c1-16(26-24(27)22-6-3-7-23-21(22)12-13-28-23)18-8-10-19(11-9-18)20-5-2-4-17(14-20)15-25/h2,4-5,8-14,16,22H,3,6-7H2,1H3,(H,26,27). The van der Waals surface area contributed by atoms with E-state index in [9.17, 15) is 4.79 Å². The SMILES string of the molecule is CC(NC(=O)C1CCCc2sccc21)c1ccc(-c2cccc(C#N)c2)cc1. The van der Waals surface area contributed by atoms with Gasteiger partial charge >= 0.3 is 0 Å². The van der Waals surface area contributed by atoms with Gasteiger partial charge in [-0.3, -0.25) is 4.79 Å². The highest BCUT2D eigenvalue weighted by molar-refractivity contribution is 7.10. The van der Waals surface area contributed by atoms with Gasteiger partial charge in [-0.2, -0.15) is 5.26 Å². The molecule has 28 heavy (non-hydrogen) atoms. The summed E-state index contributed by atoms with van der Waals surface area (Å²) in [6.07, 6.45) is 3.10. The van der Waals surface area contributed by atoms with Gasteiger partial charge in [-0.05, 0) is 72.0 Å². The first-order valence-electron chi connectivity index (χ1n) is 9.63. The number of nitrogens with zero attached hydrogens (tertiary/aromatic N) is 1. The van der Waals surface area contributed by atoms with E-state index < -0.39 is 0 Å². The summed E-state index contributed by atoms with van der Waals surface area (Å²) in [6, 6.07) is 20.0. The molecule has 1 aromatic heterocycles. The van der Waals surface area contributed by atoms with Crippen LogP contribution in [0.4, 0.5) is 0 Å². The van der Waals surface area contributed by atoms with Crippen LogP contribution in [0.3, 0.4) is 0 Å². The Balaban J connectivity index is 1.46. The first-order chi connectivity index (χ1) is 13.7. The third-order valence-corrected chi connectivity index (χ3v) is 6.46. The highest BCUT2D eigenvalue weighted by Crippen LogP contribution is 2.35. The minimum atomic E-state index is -0.0454. The van der Waals surface area contributed by atoms with Crippen molar-refractivity contribution in [1.29, 1.82) is 5.26 Å². The van der Waals surface area contributed by atoms with Crippen LogP contribution in [0.1, 0.15) is 53.3 Å². The lowest BCUT2D eigenvalue weighted by atomic mass is 9.87. The molecular weight excluding hydrogens is 364 g/mol. The van der Waals surface area contributed by atoms with Crippen LogP contribution in [-0.4, -0.2) is 5.91 Å². The number of carbonyl (C=O) groups is 1. The van der Waals surface area contributed by atoms with Crippen molar-refractivity contribution >= 4 is 17.2 Å². The summed E-state index contributed by atoms with van der Waals surface area (Å²) in [4.78, 5) is 14.2. The molecule has 2 atom stereocenters. The van der Waals surface area contributed by atoms with Gasteiger partial charge in [0.25, 0.3) is 0 Å². The number of benzene rings is 2. The van der Waals surface area contributed by atoms with Crippen molar-refractivity contribution < 1.29 is 4.79 Å². The van der Waals surface area contributed by atoms with Crippen molar-refractivity contribution in [3.63, 3.8) is 0 Å². The van der Waals surface area contributed by atoms with Crippen LogP contribution in [0.15, 0.2) is 60.0 Å². The average molecular weight is 387 g/mol. The number of hydrogen-bond donors (Lipinski definition) is 1. The summed E-state index contributed by atoms with van der Waals surface area (Å²) in [5.41, 5.74) is 5.04. The van der Waals surface area contributed by atoms with Crippen molar-refractivity contribution in [3.8, 4) is 17.2 Å². The molecule has 1 heterocycles. The molecule has 1 aliphatic carbocycles. The molecule has 4 rings (SSSR count). The Morgan fingerprint density at radius 1 is 1.18 bits per heavy atom. The molecule has 4 heteroatoms. The Morgan fingerprint density at radius 2 is 2.00 bits per heavy atom. The summed E-state index contributed by atoms with van der Waals surface area (Å²) >= 11 is 1.76. The smallest absolute Gasteiger partial charge is 0.228 e. The van der Waals surface area contributed by atoms with Crippen LogP contribution in [-0.2, 0) is 11.2 Å². The lowest BCUT2D eigenvalue weighted by Gasteiger charge is -2.24. The van der Waals surface area contributed by atoms with Crippen LogP contribution in [0, 0.1) is 11.3 Å². The maximum absolute atomic E-state index is 12.9. The van der Waals surface area contributed by atoms with Crippen molar-refractivity contribution in [1.82, 2.24) is 5.32 Å². The van der Waals surface area contributed by atoms with Crippen LogP contribution in [0.5, 0.6) is 0 Å². The lowest BCUT2D eigenvalue weighted by molar-refractivity contribution is -0.123. The molecule has 1 N–H and O–H groups in total. The Bertz CT molecular complexity index is 1030. The number of fused-ring (bicyclic) bond motifs is 1. The van der Waals surface area contributed by atoms with Crippen LogP contribution >= 0.6 is 11.3 Å². The minimum absolute atomic E-state index is 0.0227. The van der Waals surface area contributed by atoms with Gasteiger partial charge in [0.15, 0.2) is 0 Å². The topological polar surface area (TPSA) is 52.9 Å². The number of nitriles is 1. The summed E-state index contributed by atoms with van der Waals surface area (Å²) in [5, 5.41) is 14.4. The van der Waals surface area contributed by atoms with E-state index in [0.717, 1.165) is 36.0 Å². The minimum Gasteiger partial charge on any atom is -0.349 e. The van der Waals surface area contributed by atoms with Gasteiger partial charge in [0.2, 0.25) is 5.91 Å². The fraction of sp³-hybridized carbons (Fsp3) is 0.250. The van der Waals surface area contributed by atoms with Crippen LogP contribution in [0.2, 0.25) is 0 Å². The van der Waals surface area contributed by atoms with Gasteiger partial charge < -0.3 is 5.32 Å². The molecule has 0 radical (unpaired) electrons. The highest BCUT2D eigenvalue weighted by atomic mass is 32.1. The lowest BCUT2D eigenvalue weighted by Crippen LogP contribution is -2.32. The summed E-state index contributed by atoms with van der Waals surface area (Å²) in [7, 11) is 0. The molecule has 0 saturated heterocycles. The van der Waals surface area contributed by atoms with E-state index in [-0.39, 0.29) is 17.9 Å². The number of aryl methyl sites for hydroxylation is 1. The van der Waals surface area contributed by atoms with Crippen molar-refractivity contribution in [2.24, 2.45) is 0 Å². The molecule has 1 amide bonds. The zero-order valence-electron chi connectivity index (χ0n) is 15.8. The fourth-order valence-corrected chi connectivity index (χ4v) is 4.88.